The Hall–Kier alpha value is -2.11. The number of anilines is 1. The van der Waals surface area contributed by atoms with Gasteiger partial charge in [-0.15, -0.1) is 0 Å². The van der Waals surface area contributed by atoms with Gasteiger partial charge in [0.25, 0.3) is 5.69 Å². The van der Waals surface area contributed by atoms with Crippen molar-refractivity contribution in [2.24, 2.45) is 17.6 Å². The van der Waals surface area contributed by atoms with E-state index in [4.69, 9.17) is 5.73 Å². The standard InChI is InChI=1S/C14H19N3O3/c1-8-3-5-11(9(8)2)16-12-6-4-10(14(15)18)7-13(12)17(19)20/h4,6-9,11,16H,3,5H2,1-2H3,(H2,15,18). The Labute approximate surface area is 117 Å². The van der Waals surface area contributed by atoms with E-state index in [0.717, 1.165) is 12.8 Å². The molecule has 1 aliphatic rings. The van der Waals surface area contributed by atoms with E-state index in [-0.39, 0.29) is 17.3 Å². The van der Waals surface area contributed by atoms with Crippen molar-refractivity contribution < 1.29 is 9.72 Å². The third-order valence-corrected chi connectivity index (χ3v) is 4.29. The van der Waals surface area contributed by atoms with Gasteiger partial charge < -0.3 is 11.1 Å². The first-order valence-electron chi connectivity index (χ1n) is 6.75. The summed E-state index contributed by atoms with van der Waals surface area (Å²) >= 11 is 0. The summed E-state index contributed by atoms with van der Waals surface area (Å²) in [6, 6.07) is 4.53. The molecule has 1 aliphatic carbocycles. The average molecular weight is 277 g/mol. The molecule has 2 rings (SSSR count). The fraction of sp³-hybridized carbons (Fsp3) is 0.500. The normalized spacial score (nSPS) is 25.4. The first-order chi connectivity index (χ1) is 9.40. The molecule has 0 spiro atoms. The third kappa shape index (κ3) is 2.74. The Kier molecular flexibility index (Phi) is 3.92. The molecule has 0 aromatic heterocycles. The highest BCUT2D eigenvalue weighted by molar-refractivity contribution is 5.94. The fourth-order valence-corrected chi connectivity index (χ4v) is 2.73. The van der Waals surface area contributed by atoms with Gasteiger partial charge in [0.1, 0.15) is 5.69 Å². The Morgan fingerprint density at radius 3 is 2.60 bits per heavy atom. The minimum Gasteiger partial charge on any atom is -0.376 e. The molecule has 20 heavy (non-hydrogen) atoms. The van der Waals surface area contributed by atoms with Gasteiger partial charge >= 0.3 is 0 Å². The number of amides is 1. The van der Waals surface area contributed by atoms with Crippen molar-refractivity contribution in [2.45, 2.75) is 32.7 Å². The largest absolute Gasteiger partial charge is 0.376 e. The van der Waals surface area contributed by atoms with E-state index < -0.39 is 10.8 Å². The van der Waals surface area contributed by atoms with Gasteiger partial charge in [0, 0.05) is 17.7 Å². The van der Waals surface area contributed by atoms with Gasteiger partial charge in [-0.25, -0.2) is 0 Å². The highest BCUT2D eigenvalue weighted by Crippen LogP contribution is 2.35. The van der Waals surface area contributed by atoms with E-state index >= 15 is 0 Å². The van der Waals surface area contributed by atoms with Crippen LogP contribution in [-0.2, 0) is 0 Å². The maximum atomic E-state index is 11.1. The first kappa shape index (κ1) is 14.3. The number of nitrogens with two attached hydrogens (primary N) is 1. The number of primary amides is 1. The summed E-state index contributed by atoms with van der Waals surface area (Å²) in [7, 11) is 0. The number of hydrogen-bond donors (Lipinski definition) is 2. The summed E-state index contributed by atoms with van der Waals surface area (Å²) in [6.07, 6.45) is 2.11. The number of carbonyl (C=O) groups excluding carboxylic acids is 1. The summed E-state index contributed by atoms with van der Waals surface area (Å²) in [5.41, 5.74) is 5.65. The van der Waals surface area contributed by atoms with E-state index in [1.807, 2.05) is 0 Å². The molecule has 0 saturated heterocycles. The van der Waals surface area contributed by atoms with Crippen molar-refractivity contribution in [3.8, 4) is 0 Å². The van der Waals surface area contributed by atoms with Gasteiger partial charge in [-0.05, 0) is 36.8 Å². The van der Waals surface area contributed by atoms with Crippen molar-refractivity contribution in [3.63, 3.8) is 0 Å². The number of nitro benzene ring substituents is 1. The van der Waals surface area contributed by atoms with Crippen molar-refractivity contribution in [1.29, 1.82) is 0 Å². The van der Waals surface area contributed by atoms with E-state index in [1.165, 1.54) is 12.1 Å². The summed E-state index contributed by atoms with van der Waals surface area (Å²) < 4.78 is 0. The predicted octanol–water partition coefficient (Wildman–Crippen LogP) is 2.54. The Morgan fingerprint density at radius 1 is 1.40 bits per heavy atom. The molecule has 6 heteroatoms. The molecule has 6 nitrogen and oxygen atoms in total. The maximum absolute atomic E-state index is 11.1. The van der Waals surface area contributed by atoms with E-state index in [1.54, 1.807) is 6.07 Å². The van der Waals surface area contributed by atoms with Crippen LogP contribution < -0.4 is 11.1 Å². The number of rotatable bonds is 4. The van der Waals surface area contributed by atoms with Crippen LogP contribution in [0, 0.1) is 22.0 Å². The lowest BCUT2D eigenvalue weighted by Crippen LogP contribution is -2.24. The van der Waals surface area contributed by atoms with Gasteiger partial charge in [0.15, 0.2) is 0 Å². The second-order valence-electron chi connectivity index (χ2n) is 5.52. The highest BCUT2D eigenvalue weighted by Gasteiger charge is 2.31. The van der Waals surface area contributed by atoms with Crippen LogP contribution in [0.3, 0.4) is 0 Å². The molecule has 3 unspecified atom stereocenters. The molecule has 0 heterocycles. The molecular formula is C14H19N3O3. The fourth-order valence-electron chi connectivity index (χ4n) is 2.73. The number of nitrogens with zero attached hydrogens (tertiary/aromatic N) is 1. The van der Waals surface area contributed by atoms with Crippen LogP contribution in [0.25, 0.3) is 0 Å². The first-order valence-corrected chi connectivity index (χ1v) is 6.75. The van der Waals surface area contributed by atoms with Crippen LogP contribution >= 0.6 is 0 Å². The summed E-state index contributed by atoms with van der Waals surface area (Å²) in [4.78, 5) is 21.7. The zero-order chi connectivity index (χ0) is 14.9. The second-order valence-corrected chi connectivity index (χ2v) is 5.52. The zero-order valence-corrected chi connectivity index (χ0v) is 11.6. The Morgan fingerprint density at radius 2 is 2.10 bits per heavy atom. The average Bonchev–Trinajstić information content (AvgIpc) is 2.70. The Balaban J connectivity index is 2.27. The second kappa shape index (κ2) is 5.48. The van der Waals surface area contributed by atoms with Crippen LogP contribution in [0.1, 0.15) is 37.0 Å². The Bertz CT molecular complexity index is 544. The number of carbonyl (C=O) groups is 1. The number of hydrogen-bond acceptors (Lipinski definition) is 4. The smallest absolute Gasteiger partial charge is 0.293 e. The molecule has 1 aromatic rings. The molecule has 108 valence electrons. The maximum Gasteiger partial charge on any atom is 0.293 e. The SMILES string of the molecule is CC1CCC(Nc2ccc(C(N)=O)cc2[N+](=O)[O-])C1C. The van der Waals surface area contributed by atoms with Crippen molar-refractivity contribution in [2.75, 3.05) is 5.32 Å². The topological polar surface area (TPSA) is 98.3 Å². The number of nitrogens with one attached hydrogen (secondary N) is 1. The minimum atomic E-state index is -0.664. The van der Waals surface area contributed by atoms with Crippen molar-refractivity contribution in [1.82, 2.24) is 0 Å². The minimum absolute atomic E-state index is 0.104. The van der Waals surface area contributed by atoms with Crippen molar-refractivity contribution in [3.05, 3.63) is 33.9 Å². The lowest BCUT2D eigenvalue weighted by Gasteiger charge is -2.20. The number of nitro groups is 1. The van der Waals surface area contributed by atoms with Crippen LogP contribution in [0.5, 0.6) is 0 Å². The molecule has 3 N–H and O–H groups in total. The number of benzene rings is 1. The van der Waals surface area contributed by atoms with Gasteiger partial charge in [-0.1, -0.05) is 13.8 Å². The monoisotopic (exact) mass is 277 g/mol. The van der Waals surface area contributed by atoms with Crippen LogP contribution in [0.4, 0.5) is 11.4 Å². The van der Waals surface area contributed by atoms with Crippen LogP contribution in [0.2, 0.25) is 0 Å². The molecule has 1 fully saturated rings. The summed E-state index contributed by atoms with van der Waals surface area (Å²) in [6.45, 7) is 4.34. The predicted molar refractivity (Wildman–Crippen MR) is 76.6 cm³/mol. The molecule has 1 saturated carbocycles. The molecule has 3 atom stereocenters. The lowest BCUT2D eigenvalue weighted by molar-refractivity contribution is -0.384. The summed E-state index contributed by atoms with van der Waals surface area (Å²) in [5, 5.41) is 14.4. The van der Waals surface area contributed by atoms with E-state index in [0.29, 0.717) is 17.5 Å². The molecule has 1 amide bonds. The quantitative estimate of drug-likeness (QED) is 0.652. The molecule has 0 bridgehead atoms. The lowest BCUT2D eigenvalue weighted by atomic mass is 9.97. The van der Waals surface area contributed by atoms with Crippen molar-refractivity contribution >= 4 is 17.3 Å². The van der Waals surface area contributed by atoms with Gasteiger partial charge in [0.05, 0.1) is 4.92 Å². The molecule has 1 aromatic carbocycles. The molecule has 0 radical (unpaired) electrons. The third-order valence-electron chi connectivity index (χ3n) is 4.29. The van der Waals surface area contributed by atoms with Crippen LogP contribution in [0.15, 0.2) is 18.2 Å². The zero-order valence-electron chi connectivity index (χ0n) is 11.6. The summed E-state index contributed by atoms with van der Waals surface area (Å²) in [5.74, 6) is 0.407. The van der Waals surface area contributed by atoms with E-state index in [2.05, 4.69) is 19.2 Å². The van der Waals surface area contributed by atoms with Gasteiger partial charge in [-0.2, -0.15) is 0 Å². The highest BCUT2D eigenvalue weighted by atomic mass is 16.6. The van der Waals surface area contributed by atoms with Gasteiger partial charge in [-0.3, -0.25) is 14.9 Å². The van der Waals surface area contributed by atoms with Gasteiger partial charge in [0.2, 0.25) is 5.91 Å². The molecule has 0 aliphatic heterocycles. The van der Waals surface area contributed by atoms with E-state index in [9.17, 15) is 14.9 Å². The van der Waals surface area contributed by atoms with Crippen LogP contribution in [-0.4, -0.2) is 16.9 Å². The molecular weight excluding hydrogens is 258 g/mol.